The van der Waals surface area contributed by atoms with Gasteiger partial charge >= 0.3 is 0 Å². The van der Waals surface area contributed by atoms with Gasteiger partial charge in [-0.1, -0.05) is 18.2 Å². The van der Waals surface area contributed by atoms with E-state index in [9.17, 15) is 5.11 Å². The zero-order valence-corrected chi connectivity index (χ0v) is 11.6. The lowest BCUT2D eigenvalue weighted by molar-refractivity contribution is 0.116. The Bertz CT molecular complexity index is 397. The van der Waals surface area contributed by atoms with E-state index < -0.39 is 0 Å². The summed E-state index contributed by atoms with van der Waals surface area (Å²) in [5.41, 5.74) is 1.31. The van der Waals surface area contributed by atoms with Crippen LogP contribution in [0.1, 0.15) is 38.3 Å². The third kappa shape index (κ3) is 2.68. The highest BCUT2D eigenvalue weighted by atomic mass is 16.3. The van der Waals surface area contributed by atoms with Crippen LogP contribution >= 0.6 is 0 Å². The van der Waals surface area contributed by atoms with Gasteiger partial charge in [0.25, 0.3) is 0 Å². The first kappa shape index (κ1) is 13.4. The Morgan fingerprint density at radius 3 is 2.44 bits per heavy atom. The summed E-state index contributed by atoms with van der Waals surface area (Å²) >= 11 is 0. The van der Waals surface area contributed by atoms with Crippen LogP contribution in [-0.2, 0) is 0 Å². The van der Waals surface area contributed by atoms with Gasteiger partial charge in [0.2, 0.25) is 0 Å². The normalized spacial score (nSPS) is 21.7. The maximum Gasteiger partial charge on any atom is 0.120 e. The van der Waals surface area contributed by atoms with Crippen molar-refractivity contribution in [1.82, 2.24) is 10.2 Å². The van der Waals surface area contributed by atoms with Crippen LogP contribution in [0.5, 0.6) is 5.75 Å². The molecular formula is C15H24N2O. The zero-order valence-electron chi connectivity index (χ0n) is 11.6. The van der Waals surface area contributed by atoms with Crippen LogP contribution in [0, 0.1) is 0 Å². The van der Waals surface area contributed by atoms with E-state index in [1.165, 1.54) is 0 Å². The Morgan fingerprint density at radius 1 is 1.28 bits per heavy atom. The van der Waals surface area contributed by atoms with Crippen LogP contribution in [0.3, 0.4) is 0 Å². The van der Waals surface area contributed by atoms with Crippen molar-refractivity contribution in [2.75, 3.05) is 20.1 Å². The predicted molar refractivity (Wildman–Crippen MR) is 74.8 cm³/mol. The van der Waals surface area contributed by atoms with E-state index in [2.05, 4.69) is 24.1 Å². The van der Waals surface area contributed by atoms with Gasteiger partial charge in [-0.3, -0.25) is 4.90 Å². The molecule has 1 aromatic rings. The van der Waals surface area contributed by atoms with Gasteiger partial charge in [-0.2, -0.15) is 0 Å². The van der Waals surface area contributed by atoms with Gasteiger partial charge in [0, 0.05) is 30.2 Å². The lowest BCUT2D eigenvalue weighted by Gasteiger charge is -2.42. The quantitative estimate of drug-likeness (QED) is 0.863. The average Bonchev–Trinajstić information content (AvgIpc) is 2.39. The summed E-state index contributed by atoms with van der Waals surface area (Å²) in [5.74, 6) is 0.409. The minimum absolute atomic E-state index is 0.273. The van der Waals surface area contributed by atoms with Crippen molar-refractivity contribution >= 4 is 0 Å². The topological polar surface area (TPSA) is 35.5 Å². The molecule has 2 rings (SSSR count). The van der Waals surface area contributed by atoms with Gasteiger partial charge in [0.15, 0.2) is 0 Å². The Morgan fingerprint density at radius 2 is 1.89 bits per heavy atom. The molecule has 1 atom stereocenters. The van der Waals surface area contributed by atoms with Crippen LogP contribution in [0.4, 0.5) is 0 Å². The van der Waals surface area contributed by atoms with Crippen molar-refractivity contribution in [3.8, 4) is 5.75 Å². The molecule has 1 aliphatic heterocycles. The number of rotatable bonds is 3. The summed E-state index contributed by atoms with van der Waals surface area (Å²) in [4.78, 5) is 2.45. The van der Waals surface area contributed by atoms with Crippen molar-refractivity contribution in [1.29, 1.82) is 0 Å². The average molecular weight is 248 g/mol. The van der Waals surface area contributed by atoms with E-state index in [1.807, 2.05) is 25.2 Å². The van der Waals surface area contributed by atoms with Crippen LogP contribution < -0.4 is 5.32 Å². The van der Waals surface area contributed by atoms with E-state index in [-0.39, 0.29) is 11.6 Å². The second kappa shape index (κ2) is 5.29. The van der Waals surface area contributed by atoms with E-state index in [1.54, 1.807) is 6.07 Å². The first-order valence-corrected chi connectivity index (χ1v) is 6.76. The van der Waals surface area contributed by atoms with E-state index >= 15 is 0 Å². The summed E-state index contributed by atoms with van der Waals surface area (Å²) in [5, 5.41) is 13.3. The predicted octanol–water partition coefficient (Wildman–Crippen LogP) is 2.53. The van der Waals surface area contributed by atoms with Crippen molar-refractivity contribution in [3.05, 3.63) is 29.8 Å². The molecule has 0 aliphatic carbocycles. The molecule has 0 amide bonds. The number of aromatic hydroxyl groups is 1. The van der Waals surface area contributed by atoms with Crippen LogP contribution in [0.25, 0.3) is 0 Å². The number of likely N-dealkylation sites (tertiary alicyclic amines) is 1. The second-order valence-electron chi connectivity index (χ2n) is 5.58. The summed E-state index contributed by atoms with van der Waals surface area (Å²) < 4.78 is 0. The first-order chi connectivity index (χ1) is 8.56. The van der Waals surface area contributed by atoms with Crippen molar-refractivity contribution in [2.45, 2.75) is 38.3 Å². The molecule has 3 heteroatoms. The number of nitrogens with one attached hydrogen (secondary N) is 1. The fourth-order valence-electron chi connectivity index (χ4n) is 2.69. The van der Waals surface area contributed by atoms with Crippen LogP contribution in [0.15, 0.2) is 24.3 Å². The molecule has 1 saturated heterocycles. The SMILES string of the molecule is CNC1(C)CCN(C(C)c2ccccc2O)CC1. The molecule has 0 spiro atoms. The smallest absolute Gasteiger partial charge is 0.120 e. The fourth-order valence-corrected chi connectivity index (χ4v) is 2.69. The molecule has 0 saturated carbocycles. The first-order valence-electron chi connectivity index (χ1n) is 6.76. The maximum atomic E-state index is 9.92. The van der Waals surface area contributed by atoms with Gasteiger partial charge in [-0.05, 0) is 39.8 Å². The number of phenols is 1. The molecular weight excluding hydrogens is 224 g/mol. The molecule has 18 heavy (non-hydrogen) atoms. The fraction of sp³-hybridized carbons (Fsp3) is 0.600. The molecule has 1 fully saturated rings. The second-order valence-corrected chi connectivity index (χ2v) is 5.58. The van der Waals surface area contributed by atoms with Crippen molar-refractivity contribution in [3.63, 3.8) is 0 Å². The highest BCUT2D eigenvalue weighted by Crippen LogP contribution is 2.32. The summed E-state index contributed by atoms with van der Waals surface area (Å²) in [6.07, 6.45) is 2.31. The minimum atomic E-state index is 0.273. The van der Waals surface area contributed by atoms with Gasteiger partial charge in [0.05, 0.1) is 0 Å². The standard InChI is InChI=1S/C15H24N2O/c1-12(13-6-4-5-7-14(13)18)17-10-8-15(2,16-3)9-11-17/h4-7,12,16,18H,8-11H2,1-3H3. The Labute approximate surface area is 110 Å². The molecule has 3 nitrogen and oxygen atoms in total. The summed E-state index contributed by atoms with van der Waals surface area (Å²) in [6.45, 7) is 6.62. The molecule has 1 aliphatic rings. The molecule has 1 aromatic carbocycles. The number of piperidine rings is 1. The molecule has 1 unspecified atom stereocenters. The number of benzene rings is 1. The lowest BCUT2D eigenvalue weighted by atomic mass is 9.88. The third-order valence-corrected chi connectivity index (χ3v) is 4.44. The van der Waals surface area contributed by atoms with Gasteiger partial charge in [-0.15, -0.1) is 0 Å². The molecule has 100 valence electrons. The third-order valence-electron chi connectivity index (χ3n) is 4.44. The van der Waals surface area contributed by atoms with E-state index in [0.717, 1.165) is 31.5 Å². The molecule has 1 heterocycles. The van der Waals surface area contributed by atoms with Crippen molar-refractivity contribution < 1.29 is 5.11 Å². The van der Waals surface area contributed by atoms with Gasteiger partial charge < -0.3 is 10.4 Å². The van der Waals surface area contributed by atoms with Crippen LogP contribution in [0.2, 0.25) is 0 Å². The number of hydrogen-bond donors (Lipinski definition) is 2. The Kier molecular flexibility index (Phi) is 3.93. The molecule has 0 bridgehead atoms. The molecule has 2 N–H and O–H groups in total. The number of nitrogens with zero attached hydrogens (tertiary/aromatic N) is 1. The Balaban J connectivity index is 2.04. The molecule has 0 aromatic heterocycles. The highest BCUT2D eigenvalue weighted by Gasteiger charge is 2.30. The highest BCUT2D eigenvalue weighted by molar-refractivity contribution is 5.34. The van der Waals surface area contributed by atoms with Gasteiger partial charge in [0.1, 0.15) is 5.75 Å². The van der Waals surface area contributed by atoms with Gasteiger partial charge in [-0.25, -0.2) is 0 Å². The van der Waals surface area contributed by atoms with Crippen molar-refractivity contribution in [2.24, 2.45) is 0 Å². The molecule has 0 radical (unpaired) electrons. The maximum absolute atomic E-state index is 9.92. The summed E-state index contributed by atoms with van der Waals surface area (Å²) in [6, 6.07) is 7.94. The Hall–Kier alpha value is -1.06. The number of para-hydroxylation sites is 1. The largest absolute Gasteiger partial charge is 0.508 e. The zero-order chi connectivity index (χ0) is 13.2. The number of hydrogen-bond acceptors (Lipinski definition) is 3. The van der Waals surface area contributed by atoms with Crippen LogP contribution in [-0.4, -0.2) is 35.7 Å². The van der Waals surface area contributed by atoms with E-state index in [4.69, 9.17) is 0 Å². The lowest BCUT2D eigenvalue weighted by Crippen LogP contribution is -2.50. The summed E-state index contributed by atoms with van der Waals surface area (Å²) in [7, 11) is 2.04. The minimum Gasteiger partial charge on any atom is -0.508 e. The number of phenolic OH excluding ortho intramolecular Hbond substituents is 1. The monoisotopic (exact) mass is 248 g/mol. The van der Waals surface area contributed by atoms with E-state index in [0.29, 0.717) is 5.75 Å².